The quantitative estimate of drug-likeness (QED) is 0.172. The number of hydrogen-bond donors (Lipinski definition) is 7. The van der Waals surface area contributed by atoms with E-state index in [-0.39, 0.29) is 22.4 Å². The van der Waals surface area contributed by atoms with E-state index in [4.69, 9.17) is 0 Å². The van der Waals surface area contributed by atoms with E-state index in [1.165, 1.54) is 6.92 Å². The Labute approximate surface area is 213 Å². The third-order valence-electron chi connectivity index (χ3n) is 8.53. The van der Waals surface area contributed by atoms with Gasteiger partial charge in [-0.1, -0.05) is 24.3 Å². The molecule has 38 heavy (non-hydrogen) atoms. The number of carbonyl (C=O) groups excluding carboxylic acids is 3. The van der Waals surface area contributed by atoms with E-state index in [1.54, 1.807) is 24.3 Å². The number of hydrogen-bond acceptors (Lipinski definition) is 10. The van der Waals surface area contributed by atoms with Crippen LogP contribution in [0, 0.1) is 0 Å². The lowest BCUT2D eigenvalue weighted by molar-refractivity contribution is -0.185. The number of ketones is 3. The van der Waals surface area contributed by atoms with Crippen molar-refractivity contribution in [3.63, 3.8) is 0 Å². The maximum absolute atomic E-state index is 13.8. The van der Waals surface area contributed by atoms with Crippen molar-refractivity contribution in [1.82, 2.24) is 0 Å². The minimum absolute atomic E-state index is 0.122. The number of aromatic hydroxyl groups is 3. The van der Waals surface area contributed by atoms with Gasteiger partial charge in [0.1, 0.15) is 28.5 Å². The van der Waals surface area contributed by atoms with Crippen LogP contribution in [0.1, 0.15) is 67.4 Å². The Balaban J connectivity index is 1.62. The fourth-order valence-electron chi connectivity index (χ4n) is 6.82. The maximum Gasteiger partial charge on any atom is 0.207 e. The summed E-state index contributed by atoms with van der Waals surface area (Å²) < 4.78 is 0. The van der Waals surface area contributed by atoms with Crippen molar-refractivity contribution in [2.75, 3.05) is 5.32 Å². The van der Waals surface area contributed by atoms with Crippen molar-refractivity contribution in [1.29, 1.82) is 0 Å². The molecule has 3 aliphatic carbocycles. The van der Waals surface area contributed by atoms with Crippen LogP contribution < -0.4 is 5.32 Å². The van der Waals surface area contributed by atoms with Gasteiger partial charge < -0.3 is 36.0 Å². The molecule has 0 aromatic heterocycles. The van der Waals surface area contributed by atoms with Gasteiger partial charge in [-0.2, -0.15) is 0 Å². The van der Waals surface area contributed by atoms with Crippen LogP contribution in [0.25, 0.3) is 0 Å². The van der Waals surface area contributed by atoms with Gasteiger partial charge in [0.2, 0.25) is 17.3 Å². The number of phenols is 3. The molecule has 1 heterocycles. The lowest BCUT2D eigenvalue weighted by Gasteiger charge is -2.61. The number of carbonyl (C=O) groups is 3. The highest BCUT2D eigenvalue weighted by molar-refractivity contribution is 6.33. The molecule has 4 atom stereocenters. The lowest BCUT2D eigenvalue weighted by atomic mass is 9.50. The zero-order valence-electron chi connectivity index (χ0n) is 19.6. The topological polar surface area (TPSA) is 185 Å². The Bertz CT molecular complexity index is 1760. The van der Waals surface area contributed by atoms with Crippen LogP contribution in [0.4, 0.5) is 5.69 Å². The Kier molecular flexibility index (Phi) is 3.91. The molecule has 10 nitrogen and oxygen atoms in total. The van der Waals surface area contributed by atoms with Crippen LogP contribution in [0.3, 0.4) is 0 Å². The average molecular weight is 513 g/mol. The number of nitrogens with one attached hydrogen (secondary N) is 1. The second-order valence-corrected chi connectivity index (χ2v) is 10.1. The lowest BCUT2D eigenvalue weighted by Crippen LogP contribution is -2.69. The zero-order chi connectivity index (χ0) is 27.0. The van der Waals surface area contributed by atoms with Crippen LogP contribution in [-0.4, -0.2) is 53.6 Å². The SMILES string of the molecule is CC1=C(O)C(=O)[C@@H]2c3ccccc3[C@@H]3Nc4c(cc(O)c5c4C(=O)c4c(O)ccc(O)c4C5=O)[C@@]2(O)[C@]13O. The molecule has 0 saturated carbocycles. The molecule has 3 aromatic rings. The molecule has 0 fully saturated rings. The summed E-state index contributed by atoms with van der Waals surface area (Å²) in [6.45, 7) is 1.31. The highest BCUT2D eigenvalue weighted by Gasteiger charge is 2.72. The van der Waals surface area contributed by atoms with Crippen molar-refractivity contribution < 1.29 is 45.0 Å². The zero-order valence-corrected chi connectivity index (χ0v) is 19.6. The van der Waals surface area contributed by atoms with Crippen molar-refractivity contribution in [3.8, 4) is 17.2 Å². The van der Waals surface area contributed by atoms with E-state index in [1.807, 2.05) is 0 Å². The standard InChI is InChI=1S/C28H19NO9/c1-9-22(33)25(36)20-10-4-2-3-5-11(10)26-27(9,37)28(20,38)12-8-15(32)18-19(21(12)29-26)24(35)17-14(31)7-6-13(30)16(17)23(18)34/h2-8,20,26,29-33,37-38H,1H3/t20-,26-,27-,28-/m0/s1. The van der Waals surface area contributed by atoms with E-state index in [0.29, 0.717) is 11.1 Å². The van der Waals surface area contributed by atoms with Crippen molar-refractivity contribution >= 4 is 23.0 Å². The number of aliphatic hydroxyl groups excluding tert-OH is 1. The number of anilines is 1. The van der Waals surface area contributed by atoms with Crippen molar-refractivity contribution in [2.24, 2.45) is 0 Å². The summed E-state index contributed by atoms with van der Waals surface area (Å²) in [6.07, 6.45) is 0. The van der Waals surface area contributed by atoms with Gasteiger partial charge in [0.25, 0.3) is 0 Å². The predicted octanol–water partition coefficient (Wildman–Crippen LogP) is 2.18. The Morgan fingerprint density at radius 3 is 1.92 bits per heavy atom. The van der Waals surface area contributed by atoms with Gasteiger partial charge in [-0.15, -0.1) is 0 Å². The predicted molar refractivity (Wildman–Crippen MR) is 129 cm³/mol. The summed E-state index contributed by atoms with van der Waals surface area (Å²) in [6, 6.07) is 8.43. The molecule has 10 heteroatoms. The van der Waals surface area contributed by atoms with Gasteiger partial charge in [-0.25, -0.2) is 0 Å². The van der Waals surface area contributed by atoms with Crippen LogP contribution >= 0.6 is 0 Å². The molecule has 190 valence electrons. The van der Waals surface area contributed by atoms with E-state index in [0.717, 1.165) is 18.2 Å². The molecular weight excluding hydrogens is 494 g/mol. The second-order valence-electron chi connectivity index (χ2n) is 10.1. The smallest absolute Gasteiger partial charge is 0.207 e. The Hall–Kier alpha value is -4.67. The molecule has 0 unspecified atom stereocenters. The molecule has 7 rings (SSSR count). The Morgan fingerprint density at radius 1 is 0.737 bits per heavy atom. The molecular formula is C28H19NO9. The Morgan fingerprint density at radius 2 is 1.29 bits per heavy atom. The third kappa shape index (κ3) is 2.13. The van der Waals surface area contributed by atoms with Crippen molar-refractivity contribution in [3.05, 3.63) is 92.7 Å². The minimum Gasteiger partial charge on any atom is -0.507 e. The number of benzene rings is 3. The van der Waals surface area contributed by atoms with E-state index < -0.39 is 80.2 Å². The van der Waals surface area contributed by atoms with Gasteiger partial charge in [-0.3, -0.25) is 14.4 Å². The van der Waals surface area contributed by atoms with Crippen molar-refractivity contribution in [2.45, 2.75) is 30.1 Å². The number of rotatable bonds is 0. The first kappa shape index (κ1) is 22.5. The second kappa shape index (κ2) is 6.60. The van der Waals surface area contributed by atoms with Gasteiger partial charge in [0, 0.05) is 11.1 Å². The molecule has 4 aliphatic rings. The highest BCUT2D eigenvalue weighted by Crippen LogP contribution is 2.66. The largest absolute Gasteiger partial charge is 0.507 e. The summed E-state index contributed by atoms with van der Waals surface area (Å²) in [5.41, 5.74) is -6.39. The molecule has 3 aromatic carbocycles. The fraction of sp³-hybridized carbons (Fsp3) is 0.179. The summed E-state index contributed by atoms with van der Waals surface area (Å²) in [4.78, 5) is 40.7. The normalized spacial score (nSPS) is 28.2. The molecule has 0 radical (unpaired) electrons. The first-order valence-corrected chi connectivity index (χ1v) is 11.8. The maximum atomic E-state index is 13.8. The van der Waals surface area contributed by atoms with Gasteiger partial charge in [0.05, 0.1) is 39.9 Å². The minimum atomic E-state index is -2.48. The first-order chi connectivity index (χ1) is 18.0. The van der Waals surface area contributed by atoms with E-state index in [2.05, 4.69) is 5.32 Å². The van der Waals surface area contributed by atoms with Crippen LogP contribution in [0.15, 0.2) is 53.8 Å². The molecule has 0 spiro atoms. The highest BCUT2D eigenvalue weighted by atomic mass is 16.4. The van der Waals surface area contributed by atoms with Gasteiger partial charge in [-0.05, 0) is 36.2 Å². The monoisotopic (exact) mass is 513 g/mol. The van der Waals surface area contributed by atoms with Gasteiger partial charge in [0.15, 0.2) is 5.76 Å². The molecule has 0 amide bonds. The third-order valence-corrected chi connectivity index (χ3v) is 8.53. The number of aliphatic hydroxyl groups is 3. The summed E-state index contributed by atoms with van der Waals surface area (Å²) >= 11 is 0. The molecule has 1 aliphatic heterocycles. The van der Waals surface area contributed by atoms with Crippen LogP contribution in [-0.2, 0) is 10.4 Å². The van der Waals surface area contributed by atoms with Crippen LogP contribution in [0.5, 0.6) is 17.2 Å². The average Bonchev–Trinajstić information content (AvgIpc) is 2.88. The van der Waals surface area contributed by atoms with Gasteiger partial charge >= 0.3 is 0 Å². The molecule has 7 N–H and O–H groups in total. The first-order valence-electron chi connectivity index (χ1n) is 11.8. The summed E-state index contributed by atoms with van der Waals surface area (Å²) in [5, 5.41) is 70.1. The van der Waals surface area contributed by atoms with E-state index in [9.17, 15) is 45.0 Å². The molecule has 4 bridgehead atoms. The fourth-order valence-corrected chi connectivity index (χ4v) is 6.82. The summed E-state index contributed by atoms with van der Waals surface area (Å²) in [5.74, 6) is -6.81. The molecule has 0 saturated heterocycles. The number of allylic oxidation sites excluding steroid dienone is 1. The van der Waals surface area contributed by atoms with Crippen LogP contribution in [0.2, 0.25) is 0 Å². The number of phenolic OH excluding ortho intramolecular Hbond substituents is 3. The van der Waals surface area contributed by atoms with E-state index >= 15 is 0 Å². The number of fused-ring (bicyclic) bond motifs is 7. The number of Topliss-reactive ketones (excluding diaryl/α,β-unsaturated/α-hetero) is 1. The summed E-state index contributed by atoms with van der Waals surface area (Å²) in [7, 11) is 0.